The van der Waals surface area contributed by atoms with Crippen molar-refractivity contribution >= 4 is 28.8 Å². The standard InChI is InChI=1S/C23H29FN4O2.C7H8N2S.C2H6/c1-6-17(18-9-7-8-10-19(18)24)20-16(2)25-15-26-21(20)27-11-13-28(14-12-27)22(29)30-23(3,4)5;1-2-3-7-9-5-6(4-8)10-7;1-2/h6-10,15H,11-14H2,1-5H3;5H,2-3H2,1H3;1-2H3/b17-6-;;. The predicted molar refractivity (Wildman–Crippen MR) is 168 cm³/mol. The zero-order valence-electron chi connectivity index (χ0n) is 26.1. The minimum atomic E-state index is -0.522. The molecule has 0 bridgehead atoms. The maximum Gasteiger partial charge on any atom is 0.410 e. The Hall–Kier alpha value is -3.84. The van der Waals surface area contributed by atoms with E-state index in [2.05, 4.69) is 32.8 Å². The van der Waals surface area contributed by atoms with Crippen LogP contribution in [-0.4, -0.2) is 57.7 Å². The minimum absolute atomic E-state index is 0.283. The summed E-state index contributed by atoms with van der Waals surface area (Å²) in [6.07, 6.45) is 6.84. The van der Waals surface area contributed by atoms with Crippen LogP contribution in [-0.2, 0) is 11.2 Å². The third-order valence-corrected chi connectivity index (χ3v) is 7.06. The van der Waals surface area contributed by atoms with Crippen molar-refractivity contribution in [3.05, 3.63) is 75.4 Å². The highest BCUT2D eigenvalue weighted by Crippen LogP contribution is 2.33. The number of nitrogens with zero attached hydrogens (tertiary/aromatic N) is 6. The number of hydrogen-bond donors (Lipinski definition) is 0. The zero-order valence-corrected chi connectivity index (χ0v) is 26.9. The summed E-state index contributed by atoms with van der Waals surface area (Å²) < 4.78 is 20.0. The number of anilines is 1. The van der Waals surface area contributed by atoms with Crippen molar-refractivity contribution in [3.63, 3.8) is 0 Å². The molecule has 3 heterocycles. The molecule has 10 heteroatoms. The number of amides is 1. The van der Waals surface area contributed by atoms with Crippen LogP contribution in [0, 0.1) is 24.1 Å². The third-order valence-electron chi connectivity index (χ3n) is 6.10. The average molecular weight is 595 g/mol. The van der Waals surface area contributed by atoms with Gasteiger partial charge in [-0.15, -0.1) is 11.3 Å². The van der Waals surface area contributed by atoms with Crippen molar-refractivity contribution in [2.45, 2.75) is 73.8 Å². The first-order valence-electron chi connectivity index (χ1n) is 14.4. The molecule has 0 unspecified atom stereocenters. The Morgan fingerprint density at radius 3 is 2.36 bits per heavy atom. The van der Waals surface area contributed by atoms with Crippen molar-refractivity contribution in [1.29, 1.82) is 5.26 Å². The van der Waals surface area contributed by atoms with Crippen LogP contribution in [0.25, 0.3) is 5.57 Å². The predicted octanol–water partition coefficient (Wildman–Crippen LogP) is 7.43. The number of benzene rings is 1. The molecular formula is C32H43FN6O2S. The quantitative estimate of drug-likeness (QED) is 0.303. The molecule has 3 aromatic rings. The number of nitriles is 1. The Morgan fingerprint density at radius 1 is 1.14 bits per heavy atom. The minimum Gasteiger partial charge on any atom is -0.444 e. The topological polar surface area (TPSA) is 95.2 Å². The SMILES string of the molecule is C/C=C(/c1ccccc1F)c1c(C)ncnc1N1CCN(C(=O)OC(C)(C)C)CC1.CC.CCCc1ncc(C#N)s1. The fourth-order valence-corrected chi connectivity index (χ4v) is 5.07. The number of halogens is 1. The highest BCUT2D eigenvalue weighted by Gasteiger charge is 2.28. The molecule has 42 heavy (non-hydrogen) atoms. The molecule has 2 aromatic heterocycles. The van der Waals surface area contributed by atoms with E-state index in [0.717, 1.165) is 40.5 Å². The van der Waals surface area contributed by atoms with Gasteiger partial charge in [0.1, 0.15) is 34.5 Å². The van der Waals surface area contributed by atoms with Gasteiger partial charge in [0.25, 0.3) is 0 Å². The molecule has 8 nitrogen and oxygen atoms in total. The van der Waals surface area contributed by atoms with Crippen LogP contribution < -0.4 is 4.90 Å². The van der Waals surface area contributed by atoms with Gasteiger partial charge in [0.2, 0.25) is 0 Å². The molecule has 1 fully saturated rings. The number of rotatable bonds is 5. The Morgan fingerprint density at radius 2 is 1.81 bits per heavy atom. The van der Waals surface area contributed by atoms with E-state index in [9.17, 15) is 9.18 Å². The second-order valence-corrected chi connectivity index (χ2v) is 11.4. The molecule has 226 valence electrons. The smallest absolute Gasteiger partial charge is 0.410 e. The van der Waals surface area contributed by atoms with Gasteiger partial charge in [0.05, 0.1) is 16.9 Å². The summed E-state index contributed by atoms with van der Waals surface area (Å²) >= 11 is 1.49. The van der Waals surface area contributed by atoms with Crippen molar-refractivity contribution in [1.82, 2.24) is 19.9 Å². The summed E-state index contributed by atoms with van der Waals surface area (Å²) in [5.41, 5.74) is 2.36. The summed E-state index contributed by atoms with van der Waals surface area (Å²) in [6.45, 7) is 17.8. The van der Waals surface area contributed by atoms with Gasteiger partial charge in [-0.1, -0.05) is 45.0 Å². The monoisotopic (exact) mass is 594 g/mol. The van der Waals surface area contributed by atoms with Gasteiger partial charge in [-0.3, -0.25) is 0 Å². The normalized spacial score (nSPS) is 13.3. The van der Waals surface area contributed by atoms with E-state index < -0.39 is 5.60 Å². The van der Waals surface area contributed by atoms with E-state index in [0.29, 0.717) is 36.6 Å². The highest BCUT2D eigenvalue weighted by molar-refractivity contribution is 7.12. The first-order chi connectivity index (χ1) is 20.1. The van der Waals surface area contributed by atoms with E-state index in [-0.39, 0.29) is 11.9 Å². The van der Waals surface area contributed by atoms with Gasteiger partial charge in [-0.25, -0.2) is 24.1 Å². The van der Waals surface area contributed by atoms with Crippen LogP contribution in [0.3, 0.4) is 0 Å². The van der Waals surface area contributed by atoms with E-state index in [1.807, 2.05) is 60.6 Å². The van der Waals surface area contributed by atoms with Crippen LogP contribution >= 0.6 is 11.3 Å². The molecular weight excluding hydrogens is 551 g/mol. The molecule has 0 saturated carbocycles. The summed E-state index contributed by atoms with van der Waals surface area (Å²) in [4.78, 5) is 29.9. The molecule has 1 aliphatic heterocycles. The molecule has 0 radical (unpaired) electrons. The lowest BCUT2D eigenvalue weighted by molar-refractivity contribution is 0.0240. The second kappa shape index (κ2) is 16.6. The Kier molecular flexibility index (Phi) is 13.6. The number of piperazine rings is 1. The zero-order chi connectivity index (χ0) is 31.3. The number of carbonyl (C=O) groups excluding carboxylic acids is 1. The lowest BCUT2D eigenvalue weighted by Gasteiger charge is -2.37. The molecule has 0 N–H and O–H groups in total. The molecule has 1 saturated heterocycles. The van der Waals surface area contributed by atoms with Crippen molar-refractivity contribution in [2.75, 3.05) is 31.1 Å². The van der Waals surface area contributed by atoms with Gasteiger partial charge in [-0.2, -0.15) is 5.26 Å². The van der Waals surface area contributed by atoms with Gasteiger partial charge >= 0.3 is 6.09 Å². The Labute approximate surface area is 253 Å². The summed E-state index contributed by atoms with van der Waals surface area (Å²) in [7, 11) is 0. The lowest BCUT2D eigenvalue weighted by atomic mass is 9.96. The first kappa shape index (κ1) is 34.4. The third kappa shape index (κ3) is 9.62. The van der Waals surface area contributed by atoms with Crippen LogP contribution in [0.5, 0.6) is 0 Å². The van der Waals surface area contributed by atoms with Crippen LogP contribution in [0.1, 0.15) is 81.6 Å². The molecule has 0 atom stereocenters. The van der Waals surface area contributed by atoms with Crippen LogP contribution in [0.15, 0.2) is 42.9 Å². The average Bonchev–Trinajstić information content (AvgIpc) is 3.44. The number of ether oxygens (including phenoxy) is 1. The number of hydrogen-bond acceptors (Lipinski definition) is 8. The summed E-state index contributed by atoms with van der Waals surface area (Å²) in [6, 6.07) is 8.78. The Bertz CT molecular complexity index is 1370. The lowest BCUT2D eigenvalue weighted by Crippen LogP contribution is -2.50. The molecule has 4 rings (SSSR count). The Balaban J connectivity index is 0.000000431. The van der Waals surface area contributed by atoms with E-state index >= 15 is 0 Å². The second-order valence-electron chi connectivity index (χ2n) is 10.3. The van der Waals surface area contributed by atoms with Crippen molar-refractivity contribution in [3.8, 4) is 6.07 Å². The fourth-order valence-electron chi connectivity index (χ4n) is 4.25. The number of allylic oxidation sites excluding steroid dienone is 1. The maximum absolute atomic E-state index is 14.5. The summed E-state index contributed by atoms with van der Waals surface area (Å²) in [5, 5.41) is 9.51. The van der Waals surface area contributed by atoms with Gasteiger partial charge in [-0.05, 0) is 59.1 Å². The van der Waals surface area contributed by atoms with Crippen LogP contribution in [0.2, 0.25) is 0 Å². The molecule has 0 aliphatic carbocycles. The number of thiazole rings is 1. The number of carbonyl (C=O) groups is 1. The van der Waals surface area contributed by atoms with E-state index in [1.54, 1.807) is 23.2 Å². The van der Waals surface area contributed by atoms with Gasteiger partial charge in [0, 0.05) is 37.3 Å². The number of aromatic nitrogens is 3. The van der Waals surface area contributed by atoms with E-state index in [1.165, 1.54) is 23.7 Å². The molecule has 1 amide bonds. The van der Waals surface area contributed by atoms with Gasteiger partial charge in [0.15, 0.2) is 0 Å². The van der Waals surface area contributed by atoms with Crippen molar-refractivity contribution < 1.29 is 13.9 Å². The molecule has 1 aliphatic rings. The van der Waals surface area contributed by atoms with Crippen LogP contribution in [0.4, 0.5) is 15.0 Å². The largest absolute Gasteiger partial charge is 0.444 e. The maximum atomic E-state index is 14.5. The highest BCUT2D eigenvalue weighted by atomic mass is 32.1. The molecule has 0 spiro atoms. The van der Waals surface area contributed by atoms with Gasteiger partial charge < -0.3 is 14.5 Å². The van der Waals surface area contributed by atoms with E-state index in [4.69, 9.17) is 10.00 Å². The fraction of sp³-hybridized carbons (Fsp3) is 0.469. The van der Waals surface area contributed by atoms with Crippen molar-refractivity contribution in [2.24, 2.45) is 0 Å². The first-order valence-corrected chi connectivity index (χ1v) is 15.2. The number of aryl methyl sites for hydroxylation is 2. The summed E-state index contributed by atoms with van der Waals surface area (Å²) in [5.74, 6) is 0.470. The molecule has 1 aromatic carbocycles.